The molecule has 2 aromatic carbocycles. The second-order valence-corrected chi connectivity index (χ2v) is 6.47. The van der Waals surface area contributed by atoms with Crippen LogP contribution in [0.15, 0.2) is 28.9 Å². The van der Waals surface area contributed by atoms with Gasteiger partial charge in [0.1, 0.15) is 11.4 Å². The molecule has 0 unspecified atom stereocenters. The number of nitrogens with zero attached hydrogens (tertiary/aromatic N) is 5. The molecule has 0 atom stereocenters. The van der Waals surface area contributed by atoms with E-state index in [9.17, 15) is 20.2 Å². The van der Waals surface area contributed by atoms with Crippen LogP contribution in [-0.2, 0) is 0 Å². The van der Waals surface area contributed by atoms with E-state index in [4.69, 9.17) is 9.37 Å². The molecule has 1 fully saturated rings. The topological polar surface area (TPSA) is 150 Å². The lowest BCUT2D eigenvalue weighted by molar-refractivity contribution is -0.384. The van der Waals surface area contributed by atoms with Crippen molar-refractivity contribution >= 4 is 39.5 Å². The summed E-state index contributed by atoms with van der Waals surface area (Å²) in [5, 5.41) is 33.4. The normalized spacial score (nSPS) is 13.6. The van der Waals surface area contributed by atoms with Gasteiger partial charge in [0.2, 0.25) is 5.52 Å². The smallest absolute Gasteiger partial charge is 0.323 e. The van der Waals surface area contributed by atoms with Crippen LogP contribution < -0.4 is 15.0 Å². The SMILES string of the molecule is COc1ccc([N+](=O)[O-])cc1Nc1cc(N2CCCC2)c([N+](=O)[O-])c2nonc12. The molecular weight excluding hydrogens is 384 g/mol. The van der Waals surface area contributed by atoms with E-state index in [-0.39, 0.29) is 22.4 Å². The first-order chi connectivity index (χ1) is 14.0. The standard InChI is InChI=1S/C17H16N6O6/c1-28-14-5-4-10(22(24)25)8-11(14)18-12-9-13(21-6-2-3-7-21)17(23(26)27)16-15(12)19-29-20-16/h4-5,8-9,18H,2-3,6-7H2,1H3. The lowest BCUT2D eigenvalue weighted by Gasteiger charge is -2.19. The Labute approximate surface area is 163 Å². The Morgan fingerprint density at radius 2 is 1.79 bits per heavy atom. The monoisotopic (exact) mass is 400 g/mol. The predicted octanol–water partition coefficient (Wildman–Crippen LogP) is 3.39. The first kappa shape index (κ1) is 18.4. The maximum atomic E-state index is 11.7. The third-order valence-electron chi connectivity index (χ3n) is 4.78. The van der Waals surface area contributed by atoms with Gasteiger partial charge in [-0.2, -0.15) is 0 Å². The first-order valence-electron chi connectivity index (χ1n) is 8.77. The van der Waals surface area contributed by atoms with E-state index in [0.717, 1.165) is 12.8 Å². The second-order valence-electron chi connectivity index (χ2n) is 6.47. The van der Waals surface area contributed by atoms with Crippen LogP contribution >= 0.6 is 0 Å². The van der Waals surface area contributed by atoms with Crippen LogP contribution in [0.25, 0.3) is 11.0 Å². The third kappa shape index (κ3) is 3.24. The zero-order valence-corrected chi connectivity index (χ0v) is 15.3. The van der Waals surface area contributed by atoms with Crippen molar-refractivity contribution in [3.05, 3.63) is 44.5 Å². The molecule has 0 bridgehead atoms. The molecule has 1 aromatic heterocycles. The molecular formula is C17H16N6O6. The van der Waals surface area contributed by atoms with Crippen molar-refractivity contribution in [3.63, 3.8) is 0 Å². The fraction of sp³-hybridized carbons (Fsp3) is 0.294. The van der Waals surface area contributed by atoms with E-state index in [0.29, 0.717) is 35.9 Å². The number of non-ortho nitro benzene ring substituents is 1. The molecule has 29 heavy (non-hydrogen) atoms. The molecule has 12 heteroatoms. The number of anilines is 3. The molecule has 0 radical (unpaired) electrons. The first-order valence-corrected chi connectivity index (χ1v) is 8.77. The molecule has 12 nitrogen and oxygen atoms in total. The Bertz CT molecular complexity index is 1110. The lowest BCUT2D eigenvalue weighted by Crippen LogP contribution is -2.19. The quantitative estimate of drug-likeness (QED) is 0.481. The van der Waals surface area contributed by atoms with Gasteiger partial charge in [0, 0.05) is 25.2 Å². The van der Waals surface area contributed by atoms with Gasteiger partial charge in [-0.15, -0.1) is 0 Å². The minimum atomic E-state index is -0.524. The summed E-state index contributed by atoms with van der Waals surface area (Å²) in [5.41, 5.74) is 0.908. The summed E-state index contributed by atoms with van der Waals surface area (Å²) >= 11 is 0. The minimum absolute atomic E-state index is 0.00583. The average molecular weight is 400 g/mol. The highest BCUT2D eigenvalue weighted by atomic mass is 16.6. The number of benzene rings is 2. The van der Waals surface area contributed by atoms with E-state index in [1.54, 1.807) is 6.07 Å². The van der Waals surface area contributed by atoms with Crippen LogP contribution in [0.1, 0.15) is 12.8 Å². The number of hydrogen-bond donors (Lipinski definition) is 1. The van der Waals surface area contributed by atoms with Crippen LogP contribution in [-0.4, -0.2) is 40.4 Å². The molecule has 2 heterocycles. The van der Waals surface area contributed by atoms with Crippen molar-refractivity contribution in [1.29, 1.82) is 0 Å². The van der Waals surface area contributed by atoms with Gasteiger partial charge in [-0.05, 0) is 35.3 Å². The van der Waals surface area contributed by atoms with Crippen LogP contribution in [0.5, 0.6) is 5.75 Å². The number of ether oxygens (including phenoxy) is 1. The van der Waals surface area contributed by atoms with Gasteiger partial charge in [-0.25, -0.2) is 4.63 Å². The largest absolute Gasteiger partial charge is 0.495 e. The molecule has 0 amide bonds. The Kier molecular flexibility index (Phi) is 4.58. The van der Waals surface area contributed by atoms with Crippen molar-refractivity contribution in [3.8, 4) is 5.75 Å². The molecule has 1 N–H and O–H groups in total. The Balaban J connectivity index is 1.88. The number of nitro benzene ring substituents is 2. The summed E-state index contributed by atoms with van der Waals surface area (Å²) in [4.78, 5) is 23.8. The number of hydrogen-bond acceptors (Lipinski definition) is 10. The average Bonchev–Trinajstić information content (AvgIpc) is 3.39. The molecule has 0 saturated carbocycles. The summed E-state index contributed by atoms with van der Waals surface area (Å²) in [5.74, 6) is 0.362. The van der Waals surface area contributed by atoms with Crippen LogP contribution in [0.3, 0.4) is 0 Å². The van der Waals surface area contributed by atoms with Crippen LogP contribution in [0.2, 0.25) is 0 Å². The number of methoxy groups -OCH3 is 1. The van der Waals surface area contributed by atoms with Gasteiger partial charge >= 0.3 is 5.69 Å². The van der Waals surface area contributed by atoms with Crippen LogP contribution in [0, 0.1) is 20.2 Å². The molecule has 4 rings (SSSR count). The molecule has 3 aromatic rings. The summed E-state index contributed by atoms with van der Waals surface area (Å²) in [7, 11) is 1.44. The Morgan fingerprint density at radius 3 is 2.45 bits per heavy atom. The van der Waals surface area contributed by atoms with E-state index in [1.165, 1.54) is 25.3 Å². The highest BCUT2D eigenvalue weighted by molar-refractivity contribution is 6.01. The maximum Gasteiger partial charge on any atom is 0.323 e. The van der Waals surface area contributed by atoms with Gasteiger partial charge < -0.3 is 15.0 Å². The van der Waals surface area contributed by atoms with Crippen molar-refractivity contribution in [2.24, 2.45) is 0 Å². The van der Waals surface area contributed by atoms with Gasteiger partial charge in [-0.1, -0.05) is 0 Å². The second kappa shape index (κ2) is 7.22. The maximum absolute atomic E-state index is 11.7. The van der Waals surface area contributed by atoms with Crippen molar-refractivity contribution in [1.82, 2.24) is 10.3 Å². The Hall–Kier alpha value is -3.96. The van der Waals surface area contributed by atoms with Gasteiger partial charge in [0.05, 0.1) is 28.3 Å². The zero-order valence-electron chi connectivity index (χ0n) is 15.3. The number of aromatic nitrogens is 2. The van der Waals surface area contributed by atoms with E-state index >= 15 is 0 Å². The summed E-state index contributed by atoms with van der Waals surface area (Å²) in [6.07, 6.45) is 1.85. The van der Waals surface area contributed by atoms with Crippen molar-refractivity contribution < 1.29 is 19.2 Å². The van der Waals surface area contributed by atoms with Crippen molar-refractivity contribution in [2.45, 2.75) is 12.8 Å². The Morgan fingerprint density at radius 1 is 1.07 bits per heavy atom. The molecule has 0 spiro atoms. The lowest BCUT2D eigenvalue weighted by atomic mass is 10.1. The predicted molar refractivity (Wildman–Crippen MR) is 103 cm³/mol. The highest BCUT2D eigenvalue weighted by Gasteiger charge is 2.30. The molecule has 150 valence electrons. The summed E-state index contributed by atoms with van der Waals surface area (Å²) in [6, 6.07) is 5.69. The van der Waals surface area contributed by atoms with Crippen LogP contribution in [0.4, 0.5) is 28.4 Å². The number of fused-ring (bicyclic) bond motifs is 1. The summed E-state index contributed by atoms with van der Waals surface area (Å²) in [6.45, 7) is 1.36. The van der Waals surface area contributed by atoms with E-state index in [1.807, 2.05) is 4.90 Å². The molecule has 1 aliphatic rings. The van der Waals surface area contributed by atoms with Crippen molar-refractivity contribution in [2.75, 3.05) is 30.4 Å². The summed E-state index contributed by atoms with van der Waals surface area (Å²) < 4.78 is 10.0. The highest BCUT2D eigenvalue weighted by Crippen LogP contribution is 2.42. The zero-order chi connectivity index (χ0) is 20.5. The molecule has 1 aliphatic heterocycles. The van der Waals surface area contributed by atoms with E-state index in [2.05, 4.69) is 15.6 Å². The van der Waals surface area contributed by atoms with Gasteiger partial charge in [0.25, 0.3) is 5.69 Å². The van der Waals surface area contributed by atoms with Gasteiger partial charge in [-0.3, -0.25) is 20.2 Å². The van der Waals surface area contributed by atoms with Gasteiger partial charge in [0.15, 0.2) is 5.52 Å². The number of nitro groups is 2. The molecule has 0 aliphatic carbocycles. The number of rotatable bonds is 6. The fourth-order valence-corrected chi connectivity index (χ4v) is 3.44. The fourth-order valence-electron chi connectivity index (χ4n) is 3.44. The minimum Gasteiger partial charge on any atom is -0.495 e. The number of nitrogens with one attached hydrogen (secondary N) is 1. The van der Waals surface area contributed by atoms with E-state index < -0.39 is 9.85 Å². The third-order valence-corrected chi connectivity index (χ3v) is 4.78. The molecule has 1 saturated heterocycles.